The van der Waals surface area contributed by atoms with Crippen molar-refractivity contribution in [2.45, 2.75) is 44.2 Å². The van der Waals surface area contributed by atoms with Crippen LogP contribution < -0.4 is 5.32 Å². The molecule has 0 aliphatic carbocycles. The fourth-order valence-corrected chi connectivity index (χ4v) is 6.46. The van der Waals surface area contributed by atoms with Gasteiger partial charge in [0.05, 0.1) is 5.57 Å². The van der Waals surface area contributed by atoms with Gasteiger partial charge in [0.2, 0.25) is 12.7 Å². The van der Waals surface area contributed by atoms with E-state index in [0.717, 1.165) is 16.7 Å². The van der Waals surface area contributed by atoms with Crippen LogP contribution >= 0.6 is 11.8 Å². The minimum Gasteiger partial charge on any atom is -0.452 e. The Morgan fingerprint density at radius 1 is 0.920 bits per heavy atom. The Morgan fingerprint density at radius 2 is 1.46 bits per heavy atom. The summed E-state index contributed by atoms with van der Waals surface area (Å²) in [5.74, 6) is -5.90. The third-order valence-electron chi connectivity index (χ3n) is 8.04. The number of benzene rings is 3. The number of carbonyl (C=O) groups excluding carboxylic acids is 6. The number of aldehydes is 1. The molecule has 50 heavy (non-hydrogen) atoms. The van der Waals surface area contributed by atoms with Gasteiger partial charge >= 0.3 is 23.0 Å². The molecule has 2 aliphatic heterocycles. The second kappa shape index (κ2) is 15.1. The lowest BCUT2D eigenvalue weighted by molar-refractivity contribution is -0.173. The third-order valence-corrected chi connectivity index (χ3v) is 9.38. The van der Waals surface area contributed by atoms with Crippen molar-refractivity contribution in [1.29, 1.82) is 0 Å². The Hall–Kier alpha value is -5.85. The zero-order valence-electron chi connectivity index (χ0n) is 27.2. The molecule has 5 rings (SSSR count). The fourth-order valence-electron chi connectivity index (χ4n) is 5.27. The molecule has 13 nitrogen and oxygen atoms in total. The van der Waals surface area contributed by atoms with Crippen LogP contribution in [0.2, 0.25) is 0 Å². The maximum Gasteiger partial charge on any atom is 0.358 e. The van der Waals surface area contributed by atoms with Crippen LogP contribution in [0.5, 0.6) is 0 Å². The molecule has 0 aromatic heterocycles. The molecule has 1 fully saturated rings. The van der Waals surface area contributed by atoms with Crippen molar-refractivity contribution in [3.63, 3.8) is 0 Å². The first-order valence-corrected chi connectivity index (χ1v) is 16.3. The molecule has 0 bridgehead atoms. The van der Waals surface area contributed by atoms with Gasteiger partial charge in [-0.15, -0.1) is 0 Å². The number of amides is 2. The lowest BCUT2D eigenvalue weighted by atomic mass is 9.95. The number of thioether (sulfide) groups is 1. The molecular weight excluding hydrogens is 664 g/mol. The number of ether oxygens (including phenoxy) is 3. The highest BCUT2D eigenvalue weighted by Gasteiger charge is 2.58. The minimum atomic E-state index is -1.49. The molecule has 3 aromatic rings. The van der Waals surface area contributed by atoms with Crippen LogP contribution in [0.25, 0.3) is 5.53 Å². The van der Waals surface area contributed by atoms with Crippen molar-refractivity contribution in [1.82, 2.24) is 10.2 Å². The summed E-state index contributed by atoms with van der Waals surface area (Å²) in [5.41, 5.74) is 9.70. The first kappa shape index (κ1) is 35.5. The molecule has 2 amide bonds. The third kappa shape index (κ3) is 7.26. The van der Waals surface area contributed by atoms with Crippen molar-refractivity contribution in [3.05, 3.63) is 124 Å². The van der Waals surface area contributed by atoms with E-state index in [9.17, 15) is 34.3 Å². The van der Waals surface area contributed by atoms with Gasteiger partial charge in [-0.1, -0.05) is 91.0 Å². The first-order valence-electron chi connectivity index (χ1n) is 15.4. The summed E-state index contributed by atoms with van der Waals surface area (Å²) in [5, 5.41) is 1.64. The number of rotatable bonds is 12. The number of fused-ring (bicyclic) bond motifs is 1. The van der Waals surface area contributed by atoms with E-state index < -0.39 is 65.4 Å². The van der Waals surface area contributed by atoms with Gasteiger partial charge in [0, 0.05) is 0 Å². The molecule has 0 spiro atoms. The van der Waals surface area contributed by atoms with Crippen LogP contribution in [0.4, 0.5) is 0 Å². The van der Waals surface area contributed by atoms with Gasteiger partial charge in [-0.3, -0.25) is 24.1 Å². The van der Waals surface area contributed by atoms with Crippen LogP contribution in [0.3, 0.4) is 0 Å². The topological polar surface area (TPSA) is 182 Å². The smallest absolute Gasteiger partial charge is 0.358 e. The molecule has 2 aliphatic rings. The van der Waals surface area contributed by atoms with E-state index in [2.05, 4.69) is 10.1 Å². The fraction of sp³-hybridized carbons (Fsp3) is 0.250. The van der Waals surface area contributed by atoms with Gasteiger partial charge in [0.1, 0.15) is 28.8 Å². The summed E-state index contributed by atoms with van der Waals surface area (Å²) in [6.45, 7) is 3.21. The van der Waals surface area contributed by atoms with Crippen LogP contribution in [-0.4, -0.2) is 69.0 Å². The monoisotopic (exact) mass is 696 g/mol. The Bertz CT molecular complexity index is 1850. The van der Waals surface area contributed by atoms with Gasteiger partial charge in [-0.25, -0.2) is 4.79 Å². The largest absolute Gasteiger partial charge is 0.452 e. The number of hydrogen-bond acceptors (Lipinski definition) is 10. The maximum absolute atomic E-state index is 14.0. The zero-order chi connectivity index (χ0) is 36.0. The van der Waals surface area contributed by atoms with E-state index in [0.29, 0.717) is 23.0 Å². The highest BCUT2D eigenvalue weighted by atomic mass is 32.2. The number of β-lactam (4-membered cyclic amide) rings is 1. The maximum atomic E-state index is 14.0. The Balaban J connectivity index is 1.36. The summed E-state index contributed by atoms with van der Waals surface area (Å²) in [6, 6.07) is 25.1. The van der Waals surface area contributed by atoms with Gasteiger partial charge in [-0.2, -0.15) is 4.79 Å². The minimum absolute atomic E-state index is 0.0309. The van der Waals surface area contributed by atoms with E-state index in [1.54, 1.807) is 54.6 Å². The molecule has 256 valence electrons. The highest BCUT2D eigenvalue weighted by molar-refractivity contribution is 8.14. The zero-order valence-corrected chi connectivity index (χ0v) is 28.0. The molecule has 3 aromatic carbocycles. The molecule has 1 saturated heterocycles. The molecule has 0 saturated carbocycles. The van der Waals surface area contributed by atoms with Crippen LogP contribution in [0.15, 0.2) is 102 Å². The molecule has 0 radical (unpaired) electrons. The van der Waals surface area contributed by atoms with Crippen molar-refractivity contribution >= 4 is 52.8 Å². The number of hydrogen-bond donors (Lipinski definition) is 1. The quantitative estimate of drug-likeness (QED) is 0.0558. The normalized spacial score (nSPS) is 17.5. The van der Waals surface area contributed by atoms with Gasteiger partial charge in [-0.05, 0) is 49.2 Å². The highest BCUT2D eigenvalue weighted by Crippen LogP contribution is 2.42. The number of carbonyl (C=O) groups is 6. The SMILES string of the molecule is CC1=C(C(=O)OCOC(=O)C(C)(C)C=O)N2C(=O)C(NC(=O)C(C(=O)OC(c3ccccc3)c3ccccc3)c3ccccc3)[C@@H]2SC1=[N+]=[N-]. The average molecular weight is 697 g/mol. The Morgan fingerprint density at radius 3 is 1.98 bits per heavy atom. The van der Waals surface area contributed by atoms with Crippen LogP contribution in [0.1, 0.15) is 49.5 Å². The molecule has 14 heteroatoms. The van der Waals surface area contributed by atoms with E-state index in [4.69, 9.17) is 14.2 Å². The predicted molar refractivity (Wildman–Crippen MR) is 178 cm³/mol. The van der Waals surface area contributed by atoms with Crippen molar-refractivity contribution in [2.75, 3.05) is 6.79 Å². The summed E-state index contributed by atoms with van der Waals surface area (Å²) >= 11 is 0.905. The summed E-state index contributed by atoms with van der Waals surface area (Å²) in [6.07, 6.45) is -0.455. The van der Waals surface area contributed by atoms with E-state index in [-0.39, 0.29) is 16.3 Å². The van der Waals surface area contributed by atoms with Gasteiger partial charge in [0.15, 0.2) is 12.0 Å². The lowest BCUT2D eigenvalue weighted by Crippen LogP contribution is -2.71. The summed E-state index contributed by atoms with van der Waals surface area (Å²) in [7, 11) is 0. The molecular formula is C36H32N4O9S. The van der Waals surface area contributed by atoms with Crippen molar-refractivity contribution in [2.24, 2.45) is 5.41 Å². The summed E-state index contributed by atoms with van der Waals surface area (Å²) < 4.78 is 16.0. The van der Waals surface area contributed by atoms with Gasteiger partial charge < -0.3 is 29.9 Å². The van der Waals surface area contributed by atoms with Crippen LogP contribution in [0, 0.1) is 5.41 Å². The second-order valence-corrected chi connectivity index (χ2v) is 13.0. The second-order valence-electron chi connectivity index (χ2n) is 11.9. The van der Waals surface area contributed by atoms with Gasteiger partial charge in [0.25, 0.3) is 5.91 Å². The van der Waals surface area contributed by atoms with E-state index in [1.807, 2.05) is 36.4 Å². The molecule has 1 N–H and O–H groups in total. The number of nitrogens with one attached hydrogen (secondary N) is 1. The van der Waals surface area contributed by atoms with Crippen molar-refractivity contribution < 1.29 is 47.8 Å². The van der Waals surface area contributed by atoms with Crippen LogP contribution in [-0.2, 0) is 43.0 Å². The Labute approximate surface area is 291 Å². The molecule has 2 heterocycles. The predicted octanol–water partition coefficient (Wildman–Crippen LogP) is 3.67. The standard InChI is InChI=1S/C36H32N4O9S/c1-21-27(34(45)47-20-48-35(46)36(2,3)19-41)40-31(43)26(32(40)50-30(21)39-37)38-29(42)25(22-13-7-4-8-14-22)33(44)49-28(23-15-9-5-10-16-23)24-17-11-6-12-18-24/h4-19,25-26,28,32H,20H2,1-3H3,(H,38,42)/t25?,26?,32-/m0/s1. The first-order chi connectivity index (χ1) is 24.0. The van der Waals surface area contributed by atoms with E-state index in [1.165, 1.54) is 20.8 Å². The number of esters is 3. The lowest BCUT2D eigenvalue weighted by Gasteiger charge is -2.48. The molecule has 2 unspecified atom stereocenters. The van der Waals surface area contributed by atoms with E-state index >= 15 is 0 Å². The number of nitrogens with zero attached hydrogens (tertiary/aromatic N) is 3. The molecule has 3 atom stereocenters. The summed E-state index contributed by atoms with van der Waals surface area (Å²) in [4.78, 5) is 82.1. The average Bonchev–Trinajstić information content (AvgIpc) is 3.13. The Kier molecular flexibility index (Phi) is 10.7. The van der Waals surface area contributed by atoms with Crippen molar-refractivity contribution in [3.8, 4) is 0 Å².